The quantitative estimate of drug-likeness (QED) is 0.633. The first-order valence-electron chi connectivity index (χ1n) is 9.96. The SMILES string of the molecule is COc1n[nH]c2ncc(N3CCC(N(C)C(=O)Nc4cc(C(F)(F)F)ccn4)CC3)cc12. The number of nitrogens with one attached hydrogen (secondary N) is 2. The van der Waals surface area contributed by atoms with Crippen LogP contribution in [0.3, 0.4) is 0 Å². The molecule has 0 bridgehead atoms. The maximum absolute atomic E-state index is 12.9. The number of pyridine rings is 2. The number of fused-ring (bicyclic) bond motifs is 1. The van der Waals surface area contributed by atoms with Gasteiger partial charge in [0.25, 0.3) is 0 Å². The van der Waals surface area contributed by atoms with Crippen LogP contribution in [0.5, 0.6) is 5.88 Å². The molecule has 4 heterocycles. The summed E-state index contributed by atoms with van der Waals surface area (Å²) in [6.45, 7) is 1.38. The fourth-order valence-electron chi connectivity index (χ4n) is 3.75. The molecule has 32 heavy (non-hydrogen) atoms. The van der Waals surface area contributed by atoms with Gasteiger partial charge in [-0.3, -0.25) is 10.4 Å². The molecule has 4 rings (SSSR count). The lowest BCUT2D eigenvalue weighted by Crippen LogP contribution is -2.47. The molecule has 0 atom stereocenters. The Morgan fingerprint density at radius 3 is 2.72 bits per heavy atom. The molecule has 0 radical (unpaired) electrons. The molecule has 0 aliphatic carbocycles. The summed E-state index contributed by atoms with van der Waals surface area (Å²) in [5, 5.41) is 10.1. The Balaban J connectivity index is 1.37. The van der Waals surface area contributed by atoms with Crippen molar-refractivity contribution in [3.05, 3.63) is 36.2 Å². The first kappa shape index (κ1) is 21.7. The van der Waals surface area contributed by atoms with E-state index in [0.717, 1.165) is 29.4 Å². The first-order chi connectivity index (χ1) is 15.3. The van der Waals surface area contributed by atoms with Gasteiger partial charge in [0.1, 0.15) is 5.82 Å². The molecule has 0 aromatic carbocycles. The van der Waals surface area contributed by atoms with E-state index in [2.05, 4.69) is 30.4 Å². The van der Waals surface area contributed by atoms with Crippen LogP contribution in [0, 0.1) is 0 Å². The fraction of sp³-hybridized carbons (Fsp3) is 0.400. The minimum absolute atomic E-state index is 0.0581. The summed E-state index contributed by atoms with van der Waals surface area (Å²) in [6.07, 6.45) is -0.326. The molecule has 2 amide bonds. The number of amides is 2. The van der Waals surface area contributed by atoms with Crippen LogP contribution in [-0.2, 0) is 6.18 Å². The van der Waals surface area contributed by atoms with E-state index in [0.29, 0.717) is 37.5 Å². The van der Waals surface area contributed by atoms with Crippen LogP contribution in [0.1, 0.15) is 18.4 Å². The van der Waals surface area contributed by atoms with E-state index in [4.69, 9.17) is 4.74 Å². The molecule has 3 aromatic rings. The zero-order valence-corrected chi connectivity index (χ0v) is 17.5. The molecule has 1 saturated heterocycles. The molecule has 0 saturated carbocycles. The van der Waals surface area contributed by atoms with E-state index in [1.54, 1.807) is 20.4 Å². The second kappa shape index (κ2) is 8.52. The smallest absolute Gasteiger partial charge is 0.416 e. The number of aromatic nitrogens is 4. The van der Waals surface area contributed by atoms with Crippen LogP contribution in [0.25, 0.3) is 11.0 Å². The van der Waals surface area contributed by atoms with Crippen molar-refractivity contribution in [1.82, 2.24) is 25.1 Å². The Labute approximate surface area is 181 Å². The van der Waals surface area contributed by atoms with Crippen LogP contribution in [0.4, 0.5) is 29.5 Å². The number of hydrogen-bond acceptors (Lipinski definition) is 6. The minimum atomic E-state index is -4.50. The number of methoxy groups -OCH3 is 1. The largest absolute Gasteiger partial charge is 0.479 e. The summed E-state index contributed by atoms with van der Waals surface area (Å²) in [5.74, 6) is 0.339. The number of alkyl halides is 3. The lowest BCUT2D eigenvalue weighted by atomic mass is 10.0. The van der Waals surface area contributed by atoms with Gasteiger partial charge in [0.15, 0.2) is 5.65 Å². The Kier molecular flexibility index (Phi) is 5.76. The van der Waals surface area contributed by atoms with Gasteiger partial charge in [0.2, 0.25) is 5.88 Å². The summed E-state index contributed by atoms with van der Waals surface area (Å²) < 4.78 is 43.8. The van der Waals surface area contributed by atoms with Crippen molar-refractivity contribution in [2.24, 2.45) is 0 Å². The van der Waals surface area contributed by atoms with E-state index in [1.165, 1.54) is 4.90 Å². The summed E-state index contributed by atoms with van der Waals surface area (Å²) >= 11 is 0. The highest BCUT2D eigenvalue weighted by atomic mass is 19.4. The number of halogens is 3. The monoisotopic (exact) mass is 449 g/mol. The van der Waals surface area contributed by atoms with Crippen LogP contribution in [0.2, 0.25) is 0 Å². The number of H-pyrrole nitrogens is 1. The highest BCUT2D eigenvalue weighted by Crippen LogP contribution is 2.30. The molecule has 170 valence electrons. The van der Waals surface area contributed by atoms with Crippen molar-refractivity contribution in [1.29, 1.82) is 0 Å². The van der Waals surface area contributed by atoms with Crippen molar-refractivity contribution in [3.63, 3.8) is 0 Å². The summed E-state index contributed by atoms with van der Waals surface area (Å²) in [6, 6.07) is 3.08. The first-order valence-corrected chi connectivity index (χ1v) is 9.96. The van der Waals surface area contributed by atoms with E-state index in [1.807, 2.05) is 6.07 Å². The average Bonchev–Trinajstić information content (AvgIpc) is 3.20. The second-order valence-corrected chi connectivity index (χ2v) is 7.51. The van der Waals surface area contributed by atoms with Gasteiger partial charge in [0.05, 0.1) is 29.9 Å². The van der Waals surface area contributed by atoms with Crippen molar-refractivity contribution >= 4 is 28.6 Å². The molecule has 1 fully saturated rings. The van der Waals surface area contributed by atoms with Gasteiger partial charge >= 0.3 is 12.2 Å². The number of hydrogen-bond donors (Lipinski definition) is 2. The van der Waals surface area contributed by atoms with E-state index in [9.17, 15) is 18.0 Å². The zero-order valence-electron chi connectivity index (χ0n) is 17.5. The minimum Gasteiger partial charge on any atom is -0.479 e. The van der Waals surface area contributed by atoms with Gasteiger partial charge in [0, 0.05) is 32.4 Å². The van der Waals surface area contributed by atoms with E-state index >= 15 is 0 Å². The van der Waals surface area contributed by atoms with Crippen molar-refractivity contribution in [3.8, 4) is 5.88 Å². The summed E-state index contributed by atoms with van der Waals surface area (Å²) in [7, 11) is 3.18. The summed E-state index contributed by atoms with van der Waals surface area (Å²) in [4.78, 5) is 24.4. The predicted molar refractivity (Wildman–Crippen MR) is 112 cm³/mol. The fourth-order valence-corrected chi connectivity index (χ4v) is 3.75. The molecular formula is C20H22F3N7O2. The third-order valence-electron chi connectivity index (χ3n) is 5.58. The molecule has 2 N–H and O–H groups in total. The number of nitrogens with zero attached hydrogens (tertiary/aromatic N) is 5. The number of ether oxygens (including phenoxy) is 1. The molecule has 1 aliphatic heterocycles. The topological polar surface area (TPSA) is 99.3 Å². The standard InChI is InChI=1S/C20H22F3N7O2/c1-29(19(31)26-16-9-12(3-6-24-16)20(21,22)23)13-4-7-30(8-5-13)14-10-15-17(25-11-14)27-28-18(15)32-2/h3,6,9-11,13H,4-5,7-8H2,1-2H3,(H,24,26,31)(H,25,27,28). The van der Waals surface area contributed by atoms with Gasteiger partial charge in [-0.25, -0.2) is 14.8 Å². The molecular weight excluding hydrogens is 427 g/mol. The predicted octanol–water partition coefficient (Wildman–Crippen LogP) is 3.51. The zero-order chi connectivity index (χ0) is 22.9. The van der Waals surface area contributed by atoms with Gasteiger partial charge in [-0.15, -0.1) is 5.10 Å². The number of piperidine rings is 1. The average molecular weight is 449 g/mol. The Hall–Kier alpha value is -3.57. The van der Waals surface area contributed by atoms with E-state index < -0.39 is 17.8 Å². The van der Waals surface area contributed by atoms with Crippen LogP contribution < -0.4 is 15.0 Å². The summed E-state index contributed by atoms with van der Waals surface area (Å²) in [5.41, 5.74) is 0.703. The van der Waals surface area contributed by atoms with Crippen LogP contribution >= 0.6 is 0 Å². The molecule has 0 spiro atoms. The van der Waals surface area contributed by atoms with Crippen LogP contribution in [0.15, 0.2) is 30.6 Å². The molecule has 9 nitrogen and oxygen atoms in total. The number of urea groups is 1. The molecule has 0 unspecified atom stereocenters. The van der Waals surface area contributed by atoms with Crippen molar-refractivity contribution < 1.29 is 22.7 Å². The lowest BCUT2D eigenvalue weighted by Gasteiger charge is -2.37. The third-order valence-corrected chi connectivity index (χ3v) is 5.58. The van der Waals surface area contributed by atoms with Gasteiger partial charge in [-0.1, -0.05) is 0 Å². The van der Waals surface area contributed by atoms with Crippen molar-refractivity contribution in [2.75, 3.05) is 37.5 Å². The lowest BCUT2D eigenvalue weighted by molar-refractivity contribution is -0.137. The van der Waals surface area contributed by atoms with Crippen molar-refractivity contribution in [2.45, 2.75) is 25.1 Å². The number of rotatable bonds is 4. The van der Waals surface area contributed by atoms with Gasteiger partial charge in [-0.2, -0.15) is 13.2 Å². The maximum Gasteiger partial charge on any atom is 0.416 e. The highest BCUT2D eigenvalue weighted by molar-refractivity contribution is 5.88. The number of carbonyl (C=O) groups is 1. The second-order valence-electron chi connectivity index (χ2n) is 7.51. The number of carbonyl (C=O) groups excluding carboxylic acids is 1. The normalized spacial score (nSPS) is 15.1. The van der Waals surface area contributed by atoms with Crippen LogP contribution in [-0.4, -0.2) is 64.4 Å². The molecule has 1 aliphatic rings. The van der Waals surface area contributed by atoms with E-state index in [-0.39, 0.29) is 11.9 Å². The van der Waals surface area contributed by atoms with Gasteiger partial charge < -0.3 is 14.5 Å². The highest BCUT2D eigenvalue weighted by Gasteiger charge is 2.31. The Morgan fingerprint density at radius 1 is 1.28 bits per heavy atom. The number of anilines is 2. The Bertz CT molecular complexity index is 1110. The maximum atomic E-state index is 12.9. The third kappa shape index (κ3) is 4.39. The Morgan fingerprint density at radius 2 is 2.03 bits per heavy atom. The molecule has 12 heteroatoms. The molecule has 3 aromatic heterocycles. The van der Waals surface area contributed by atoms with Gasteiger partial charge in [-0.05, 0) is 31.0 Å². The number of aromatic amines is 1.